The summed E-state index contributed by atoms with van der Waals surface area (Å²) in [5, 5.41) is 9.72. The molecule has 1 heterocycles. The lowest BCUT2D eigenvalue weighted by atomic mass is 10.2. The van der Waals surface area contributed by atoms with Crippen molar-refractivity contribution in [2.24, 2.45) is 0 Å². The number of rotatable bonds is 6. The molecule has 2 N–H and O–H groups in total. The van der Waals surface area contributed by atoms with Crippen LogP contribution in [0.15, 0.2) is 30.3 Å². The molecule has 1 aromatic carbocycles. The van der Waals surface area contributed by atoms with Crippen LogP contribution in [0.2, 0.25) is 5.15 Å². The highest BCUT2D eigenvalue weighted by atomic mass is 35.5. The van der Waals surface area contributed by atoms with Crippen molar-refractivity contribution in [2.75, 3.05) is 13.1 Å². The number of aliphatic carboxylic acids is 1. The average Bonchev–Trinajstić information content (AvgIpc) is 2.86. The Labute approximate surface area is 128 Å². The molecule has 0 aliphatic heterocycles. The summed E-state index contributed by atoms with van der Waals surface area (Å²) < 4.78 is 0. The molecule has 2 aromatic rings. The third-order valence-electron chi connectivity index (χ3n) is 3.42. The molecular weight excluding hydrogens is 290 g/mol. The Morgan fingerprint density at radius 1 is 1.33 bits per heavy atom. The van der Waals surface area contributed by atoms with Crippen LogP contribution in [0.3, 0.4) is 0 Å². The molecule has 0 bridgehead atoms. The third kappa shape index (κ3) is 3.25. The van der Waals surface area contributed by atoms with Crippen LogP contribution in [0.5, 0.6) is 0 Å². The number of imidazole rings is 1. The van der Waals surface area contributed by atoms with Crippen LogP contribution < -0.4 is 0 Å². The molecule has 21 heavy (non-hydrogen) atoms. The van der Waals surface area contributed by atoms with Crippen molar-refractivity contribution in [3.8, 4) is 11.4 Å². The number of hydrogen-bond donors (Lipinski definition) is 2. The molecule has 2 rings (SSSR count). The first-order chi connectivity index (χ1) is 10.1. The Bertz CT molecular complexity index is 609. The average molecular weight is 308 g/mol. The minimum absolute atomic E-state index is 0.202. The van der Waals surface area contributed by atoms with Gasteiger partial charge in [-0.2, -0.15) is 0 Å². The lowest BCUT2D eigenvalue weighted by Gasteiger charge is -2.25. The molecule has 1 atom stereocenters. The Morgan fingerprint density at radius 2 is 1.95 bits per heavy atom. The lowest BCUT2D eigenvalue weighted by molar-refractivity contribution is -0.143. The highest BCUT2D eigenvalue weighted by Crippen LogP contribution is 2.29. The van der Waals surface area contributed by atoms with E-state index in [1.54, 1.807) is 0 Å². The van der Waals surface area contributed by atoms with E-state index in [0.717, 1.165) is 5.56 Å². The lowest BCUT2D eigenvalue weighted by Crippen LogP contribution is -2.34. The molecule has 0 saturated heterocycles. The predicted octanol–water partition coefficient (Wildman–Crippen LogP) is 3.20. The van der Waals surface area contributed by atoms with Crippen LogP contribution in [0, 0.1) is 0 Å². The van der Waals surface area contributed by atoms with Gasteiger partial charge in [0.15, 0.2) is 11.2 Å². The SMILES string of the molecule is CCN(CC)C(C(=O)O)c1[nH]c(-c2ccccc2)nc1Cl. The van der Waals surface area contributed by atoms with Gasteiger partial charge in [0.25, 0.3) is 0 Å². The van der Waals surface area contributed by atoms with Crippen molar-refractivity contribution >= 4 is 17.6 Å². The van der Waals surface area contributed by atoms with Crippen LogP contribution in [-0.4, -0.2) is 39.0 Å². The van der Waals surface area contributed by atoms with Crippen molar-refractivity contribution in [2.45, 2.75) is 19.9 Å². The molecule has 6 heteroatoms. The maximum atomic E-state index is 11.6. The molecule has 0 amide bonds. The van der Waals surface area contributed by atoms with Gasteiger partial charge in [0, 0.05) is 5.56 Å². The van der Waals surface area contributed by atoms with Gasteiger partial charge in [0.2, 0.25) is 0 Å². The first kappa shape index (κ1) is 15.5. The van der Waals surface area contributed by atoms with E-state index in [9.17, 15) is 9.90 Å². The molecule has 0 fully saturated rings. The number of nitrogens with zero attached hydrogens (tertiary/aromatic N) is 2. The topological polar surface area (TPSA) is 69.2 Å². The molecule has 0 aliphatic carbocycles. The first-order valence-corrected chi connectivity index (χ1v) is 7.23. The van der Waals surface area contributed by atoms with Gasteiger partial charge >= 0.3 is 5.97 Å². The van der Waals surface area contributed by atoms with Gasteiger partial charge in [0.1, 0.15) is 5.82 Å². The van der Waals surface area contributed by atoms with Crippen molar-refractivity contribution in [1.29, 1.82) is 0 Å². The van der Waals surface area contributed by atoms with E-state index in [-0.39, 0.29) is 5.15 Å². The first-order valence-electron chi connectivity index (χ1n) is 6.86. The van der Waals surface area contributed by atoms with E-state index in [4.69, 9.17) is 11.6 Å². The van der Waals surface area contributed by atoms with Crippen LogP contribution in [0.1, 0.15) is 25.6 Å². The predicted molar refractivity (Wildman–Crippen MR) is 82.3 cm³/mol. The second kappa shape index (κ2) is 6.74. The Balaban J connectivity index is 2.43. The number of carbonyl (C=O) groups is 1. The molecule has 0 spiro atoms. The van der Waals surface area contributed by atoms with Crippen molar-refractivity contribution < 1.29 is 9.90 Å². The minimum atomic E-state index is -0.941. The number of likely N-dealkylation sites (N-methyl/N-ethyl adjacent to an activating group) is 1. The fraction of sp³-hybridized carbons (Fsp3) is 0.333. The van der Waals surface area contributed by atoms with Gasteiger partial charge in [-0.05, 0) is 13.1 Å². The summed E-state index contributed by atoms with van der Waals surface area (Å²) >= 11 is 6.16. The zero-order valence-corrected chi connectivity index (χ0v) is 12.8. The molecule has 1 unspecified atom stereocenters. The fourth-order valence-corrected chi connectivity index (χ4v) is 2.57. The molecule has 0 saturated carbocycles. The molecule has 0 aliphatic rings. The Morgan fingerprint density at radius 3 is 2.48 bits per heavy atom. The van der Waals surface area contributed by atoms with Gasteiger partial charge in [0.05, 0.1) is 5.69 Å². The number of benzene rings is 1. The molecule has 0 radical (unpaired) electrons. The highest BCUT2D eigenvalue weighted by molar-refractivity contribution is 6.30. The number of hydrogen-bond acceptors (Lipinski definition) is 3. The van der Waals surface area contributed by atoms with E-state index >= 15 is 0 Å². The van der Waals surface area contributed by atoms with Gasteiger partial charge < -0.3 is 10.1 Å². The standard InChI is InChI=1S/C15H18ClN3O2/c1-3-19(4-2)12(15(20)21)11-13(16)18-14(17-11)10-8-6-5-7-9-10/h5-9,12H,3-4H2,1-2H3,(H,17,18)(H,20,21). The van der Waals surface area contributed by atoms with E-state index in [1.807, 2.05) is 49.1 Å². The van der Waals surface area contributed by atoms with Gasteiger partial charge in [-0.1, -0.05) is 55.8 Å². The third-order valence-corrected chi connectivity index (χ3v) is 3.71. The number of aromatic amines is 1. The number of nitrogens with one attached hydrogen (secondary N) is 1. The fourth-order valence-electron chi connectivity index (χ4n) is 2.33. The smallest absolute Gasteiger partial charge is 0.327 e. The van der Waals surface area contributed by atoms with Crippen LogP contribution in [0.4, 0.5) is 0 Å². The summed E-state index contributed by atoms with van der Waals surface area (Å²) in [6, 6.07) is 8.66. The van der Waals surface area contributed by atoms with Crippen LogP contribution >= 0.6 is 11.6 Å². The quantitative estimate of drug-likeness (QED) is 0.860. The zero-order chi connectivity index (χ0) is 15.4. The van der Waals surface area contributed by atoms with Crippen LogP contribution in [0.25, 0.3) is 11.4 Å². The van der Waals surface area contributed by atoms with Crippen molar-refractivity contribution in [3.63, 3.8) is 0 Å². The summed E-state index contributed by atoms with van der Waals surface area (Å²) in [6.07, 6.45) is 0. The highest BCUT2D eigenvalue weighted by Gasteiger charge is 2.30. The Kier molecular flexibility index (Phi) is 4.98. The second-order valence-electron chi connectivity index (χ2n) is 4.62. The summed E-state index contributed by atoms with van der Waals surface area (Å²) in [6.45, 7) is 5.07. The Hall–Kier alpha value is -1.85. The number of carboxylic acids is 1. The van der Waals surface area contributed by atoms with Gasteiger partial charge in [-0.3, -0.25) is 9.69 Å². The molecule has 1 aromatic heterocycles. The van der Waals surface area contributed by atoms with E-state index in [0.29, 0.717) is 24.6 Å². The second-order valence-corrected chi connectivity index (χ2v) is 4.98. The normalized spacial score (nSPS) is 12.6. The molecule has 5 nitrogen and oxygen atoms in total. The minimum Gasteiger partial charge on any atom is -0.480 e. The monoisotopic (exact) mass is 307 g/mol. The summed E-state index contributed by atoms with van der Waals surface area (Å²) in [7, 11) is 0. The molecule has 112 valence electrons. The van der Waals surface area contributed by atoms with E-state index in [2.05, 4.69) is 9.97 Å². The summed E-state index contributed by atoms with van der Waals surface area (Å²) in [5.41, 5.74) is 1.29. The van der Waals surface area contributed by atoms with Crippen molar-refractivity contribution in [1.82, 2.24) is 14.9 Å². The van der Waals surface area contributed by atoms with E-state index < -0.39 is 12.0 Å². The number of aromatic nitrogens is 2. The van der Waals surface area contributed by atoms with Crippen LogP contribution in [-0.2, 0) is 4.79 Å². The molecular formula is C15H18ClN3O2. The van der Waals surface area contributed by atoms with Crippen molar-refractivity contribution in [3.05, 3.63) is 41.2 Å². The summed E-state index contributed by atoms with van der Waals surface area (Å²) in [5.74, 6) is -0.363. The number of halogens is 1. The summed E-state index contributed by atoms with van der Waals surface area (Å²) in [4.78, 5) is 20.7. The number of H-pyrrole nitrogens is 1. The number of carboxylic acid groups (broad SMARTS) is 1. The zero-order valence-electron chi connectivity index (χ0n) is 12.0. The van der Waals surface area contributed by atoms with Gasteiger partial charge in [-0.15, -0.1) is 0 Å². The van der Waals surface area contributed by atoms with E-state index in [1.165, 1.54) is 0 Å². The maximum absolute atomic E-state index is 11.6. The van der Waals surface area contributed by atoms with Gasteiger partial charge in [-0.25, -0.2) is 4.98 Å². The largest absolute Gasteiger partial charge is 0.480 e. The maximum Gasteiger partial charge on any atom is 0.327 e.